The Morgan fingerprint density at radius 2 is 1.83 bits per heavy atom. The fraction of sp³-hybridized carbons (Fsp3) is 0.222. The van der Waals surface area contributed by atoms with Crippen LogP contribution >= 0.6 is 23.2 Å². The molecule has 0 aliphatic heterocycles. The predicted octanol–water partition coefficient (Wildman–Crippen LogP) is 4.52. The monoisotopic (exact) mass is 363 g/mol. The Bertz CT molecular complexity index is 774. The Hall–Kier alpha value is -2.04. The van der Waals surface area contributed by atoms with Gasteiger partial charge in [0.15, 0.2) is 0 Å². The summed E-state index contributed by atoms with van der Waals surface area (Å²) in [7, 11) is 0. The van der Waals surface area contributed by atoms with Crippen LogP contribution in [0.1, 0.15) is 24.5 Å². The number of nitrogens with two attached hydrogens (primary N) is 1. The second-order valence-corrected chi connectivity index (χ2v) is 6.81. The van der Waals surface area contributed by atoms with Crippen molar-refractivity contribution >= 4 is 40.5 Å². The number of rotatable bonds is 6. The van der Waals surface area contributed by atoms with Crippen molar-refractivity contribution in [3.8, 4) is 0 Å². The van der Waals surface area contributed by atoms with Crippen LogP contribution in [-0.4, -0.2) is 11.6 Å². The third kappa shape index (κ3) is 4.28. The van der Waals surface area contributed by atoms with Crippen molar-refractivity contribution in [3.63, 3.8) is 0 Å². The molecular formula is C18H19Cl2N3O. The van der Waals surface area contributed by atoms with Gasteiger partial charge in [0.2, 0.25) is 0 Å². The summed E-state index contributed by atoms with van der Waals surface area (Å²) in [5.41, 5.74) is 7.08. The number of halogens is 2. The van der Waals surface area contributed by atoms with Gasteiger partial charge < -0.3 is 11.1 Å². The number of carbonyl (C=O) groups is 1. The molecule has 0 radical (unpaired) electrons. The zero-order valence-electron chi connectivity index (χ0n) is 13.5. The predicted molar refractivity (Wildman–Crippen MR) is 100 cm³/mol. The number of nitrogens with one attached hydrogen (secondary N) is 2. The molecule has 2 rings (SSSR count). The maximum Gasteiger partial charge on any atom is 0.262 e. The smallest absolute Gasteiger partial charge is 0.262 e. The van der Waals surface area contributed by atoms with Crippen molar-refractivity contribution in [2.24, 2.45) is 5.73 Å². The summed E-state index contributed by atoms with van der Waals surface area (Å²) in [5, 5.41) is 12.2. The number of carbonyl (C=O) groups excluding carboxylic acids is 1. The number of hydrogen-bond donors (Lipinski definition) is 3. The largest absolute Gasteiger partial charge is 0.374 e. The quantitative estimate of drug-likeness (QED) is 0.659. The van der Waals surface area contributed by atoms with Gasteiger partial charge in [-0.1, -0.05) is 53.0 Å². The van der Waals surface area contributed by atoms with Crippen molar-refractivity contribution in [3.05, 3.63) is 63.6 Å². The van der Waals surface area contributed by atoms with E-state index < -0.39 is 11.4 Å². The molecule has 0 heterocycles. The molecule has 1 unspecified atom stereocenters. The number of amides is 1. The minimum Gasteiger partial charge on any atom is -0.374 e. The number of hydrogen-bond acceptors (Lipinski definition) is 3. The average Bonchev–Trinajstić information content (AvgIpc) is 2.50. The minimum atomic E-state index is -0.739. The Kier molecular flexibility index (Phi) is 5.52. The van der Waals surface area contributed by atoms with Crippen LogP contribution < -0.4 is 11.1 Å². The van der Waals surface area contributed by atoms with Crippen molar-refractivity contribution in [2.45, 2.75) is 25.8 Å². The molecule has 0 saturated carbocycles. The molecule has 6 heteroatoms. The summed E-state index contributed by atoms with van der Waals surface area (Å²) in [6.45, 7) is 3.90. The minimum absolute atomic E-state index is 0.129. The van der Waals surface area contributed by atoms with E-state index in [4.69, 9.17) is 34.3 Å². The van der Waals surface area contributed by atoms with Crippen LogP contribution in [0.15, 0.2) is 42.5 Å². The van der Waals surface area contributed by atoms with E-state index in [9.17, 15) is 4.79 Å². The van der Waals surface area contributed by atoms with E-state index in [1.807, 2.05) is 38.1 Å². The number of primary amides is 1. The highest BCUT2D eigenvalue weighted by Crippen LogP contribution is 2.34. The fourth-order valence-electron chi connectivity index (χ4n) is 2.47. The van der Waals surface area contributed by atoms with Crippen molar-refractivity contribution in [1.82, 2.24) is 0 Å². The zero-order chi connectivity index (χ0) is 17.9. The summed E-state index contributed by atoms with van der Waals surface area (Å²) < 4.78 is 0. The second-order valence-electron chi connectivity index (χ2n) is 5.97. The average molecular weight is 364 g/mol. The summed E-state index contributed by atoms with van der Waals surface area (Å²) in [6, 6.07) is 13.0. The lowest BCUT2D eigenvalue weighted by atomic mass is 9.85. The maximum atomic E-state index is 11.4. The van der Waals surface area contributed by atoms with Gasteiger partial charge in [-0.25, -0.2) is 0 Å². The van der Waals surface area contributed by atoms with E-state index in [1.165, 1.54) is 0 Å². The number of benzene rings is 2. The molecule has 0 aliphatic carbocycles. The van der Waals surface area contributed by atoms with Gasteiger partial charge in [-0.2, -0.15) is 0 Å². The maximum absolute atomic E-state index is 11.4. The SMILES string of the molecule is Cc1ccc(C(C)(CC(=N)C(N)=O)Nc2ccc(Cl)cc2Cl)cc1. The number of aryl methyl sites for hydroxylation is 1. The van der Waals surface area contributed by atoms with Gasteiger partial charge in [-0.15, -0.1) is 0 Å². The highest BCUT2D eigenvalue weighted by molar-refractivity contribution is 6.37. The molecule has 2 aromatic carbocycles. The summed E-state index contributed by atoms with van der Waals surface area (Å²) in [6.07, 6.45) is 0.129. The first-order valence-corrected chi connectivity index (χ1v) is 8.14. The topological polar surface area (TPSA) is 79.0 Å². The highest BCUT2D eigenvalue weighted by Gasteiger charge is 2.30. The van der Waals surface area contributed by atoms with Gasteiger partial charge in [0.05, 0.1) is 22.0 Å². The second kappa shape index (κ2) is 7.24. The van der Waals surface area contributed by atoms with Crippen LogP contribution in [0.5, 0.6) is 0 Å². The fourth-order valence-corrected chi connectivity index (χ4v) is 2.92. The van der Waals surface area contributed by atoms with Crippen LogP contribution in [-0.2, 0) is 10.3 Å². The van der Waals surface area contributed by atoms with Crippen molar-refractivity contribution < 1.29 is 4.79 Å². The van der Waals surface area contributed by atoms with Crippen molar-refractivity contribution in [1.29, 1.82) is 5.41 Å². The third-order valence-electron chi connectivity index (χ3n) is 3.86. The lowest BCUT2D eigenvalue weighted by Gasteiger charge is -2.33. The van der Waals surface area contributed by atoms with Crippen LogP contribution in [0, 0.1) is 12.3 Å². The lowest BCUT2D eigenvalue weighted by Crippen LogP contribution is -2.38. The van der Waals surface area contributed by atoms with Gasteiger partial charge in [0, 0.05) is 11.4 Å². The Labute approximate surface area is 151 Å². The molecule has 4 nitrogen and oxygen atoms in total. The van der Waals surface area contributed by atoms with E-state index >= 15 is 0 Å². The molecular weight excluding hydrogens is 345 g/mol. The molecule has 0 fully saturated rings. The van der Waals surface area contributed by atoms with Crippen LogP contribution in [0.25, 0.3) is 0 Å². The van der Waals surface area contributed by atoms with E-state index in [2.05, 4.69) is 5.32 Å². The Morgan fingerprint density at radius 1 is 1.21 bits per heavy atom. The van der Waals surface area contributed by atoms with E-state index in [0.29, 0.717) is 15.7 Å². The van der Waals surface area contributed by atoms with E-state index in [1.54, 1.807) is 18.2 Å². The molecule has 126 valence electrons. The summed E-state index contributed by atoms with van der Waals surface area (Å²) in [5.74, 6) is -0.739. The normalized spacial score (nSPS) is 13.2. The molecule has 24 heavy (non-hydrogen) atoms. The lowest BCUT2D eigenvalue weighted by molar-refractivity contribution is -0.112. The van der Waals surface area contributed by atoms with Crippen LogP contribution in [0.3, 0.4) is 0 Å². The van der Waals surface area contributed by atoms with Gasteiger partial charge in [-0.3, -0.25) is 10.2 Å². The molecule has 2 aromatic rings. The Balaban J connectivity index is 2.43. The first-order chi connectivity index (χ1) is 11.2. The molecule has 0 bridgehead atoms. The molecule has 0 aromatic heterocycles. The highest BCUT2D eigenvalue weighted by atomic mass is 35.5. The van der Waals surface area contributed by atoms with Crippen molar-refractivity contribution in [2.75, 3.05) is 5.32 Å². The van der Waals surface area contributed by atoms with Gasteiger partial charge in [-0.05, 0) is 37.6 Å². The molecule has 0 saturated heterocycles. The number of anilines is 1. The standard InChI is InChI=1S/C18H19Cl2N3O/c1-11-3-5-12(6-4-11)18(2,10-15(21)17(22)24)23-16-8-7-13(19)9-14(16)20/h3-9,21,23H,10H2,1-2H3,(H2,22,24). The Morgan fingerprint density at radius 3 is 2.38 bits per heavy atom. The first kappa shape index (κ1) is 18.3. The van der Waals surface area contributed by atoms with Gasteiger partial charge >= 0.3 is 0 Å². The summed E-state index contributed by atoms with van der Waals surface area (Å²) >= 11 is 12.2. The summed E-state index contributed by atoms with van der Waals surface area (Å²) in [4.78, 5) is 11.4. The molecule has 1 atom stereocenters. The van der Waals surface area contributed by atoms with E-state index in [0.717, 1.165) is 11.1 Å². The first-order valence-electron chi connectivity index (χ1n) is 7.39. The molecule has 0 aliphatic rings. The molecule has 1 amide bonds. The van der Waals surface area contributed by atoms with Gasteiger partial charge in [0.1, 0.15) is 0 Å². The molecule has 0 spiro atoms. The third-order valence-corrected chi connectivity index (χ3v) is 4.41. The van der Waals surface area contributed by atoms with Crippen LogP contribution in [0.4, 0.5) is 5.69 Å². The zero-order valence-corrected chi connectivity index (χ0v) is 15.0. The van der Waals surface area contributed by atoms with Crippen LogP contribution in [0.2, 0.25) is 10.0 Å². The molecule has 4 N–H and O–H groups in total. The van der Waals surface area contributed by atoms with Gasteiger partial charge in [0.25, 0.3) is 5.91 Å². The van der Waals surface area contributed by atoms with E-state index in [-0.39, 0.29) is 12.1 Å².